The molecule has 1 heterocycles. The van der Waals surface area contributed by atoms with Crippen LogP contribution in [0.3, 0.4) is 0 Å². The third-order valence-electron chi connectivity index (χ3n) is 3.09. The summed E-state index contributed by atoms with van der Waals surface area (Å²) in [5, 5.41) is 2.73. The van der Waals surface area contributed by atoms with Gasteiger partial charge in [0.15, 0.2) is 6.10 Å². The van der Waals surface area contributed by atoms with E-state index >= 15 is 0 Å². The van der Waals surface area contributed by atoms with Crippen LogP contribution in [0.15, 0.2) is 40.8 Å². The molecule has 2 rings (SSSR count). The number of carbonyl (C=O) groups excluding carboxylic acids is 2. The molecule has 2 aromatic rings. The summed E-state index contributed by atoms with van der Waals surface area (Å²) >= 11 is 0. The fraction of sp³-hybridized carbons (Fsp3) is 0.333. The van der Waals surface area contributed by atoms with Crippen molar-refractivity contribution in [2.24, 2.45) is 0 Å². The summed E-state index contributed by atoms with van der Waals surface area (Å²) in [7, 11) is 0. The molecular formula is C18H20FNO4. The number of nitrogens with one attached hydrogen (secondary N) is 1. The zero-order valence-corrected chi connectivity index (χ0v) is 14.1. The molecule has 0 unspecified atom stereocenters. The van der Waals surface area contributed by atoms with Gasteiger partial charge in [0.25, 0.3) is 5.91 Å². The number of carbonyl (C=O) groups is 2. The highest BCUT2D eigenvalue weighted by atomic mass is 19.1. The highest BCUT2D eigenvalue weighted by molar-refractivity contribution is 5.90. The number of halogens is 1. The normalized spacial score (nSPS) is 12.5. The van der Waals surface area contributed by atoms with E-state index in [-0.39, 0.29) is 17.5 Å². The van der Waals surface area contributed by atoms with Crippen molar-refractivity contribution in [2.75, 3.05) is 0 Å². The number of hydrogen-bond donors (Lipinski definition) is 1. The monoisotopic (exact) mass is 333 g/mol. The molecule has 1 N–H and O–H groups in total. The SMILES string of the molecule is C[C@@H](OC(=O)c1ccc(-c2ccc(F)cc2)o1)C(=O)NC(C)(C)C. The lowest BCUT2D eigenvalue weighted by Crippen LogP contribution is -2.46. The summed E-state index contributed by atoms with van der Waals surface area (Å²) in [5.41, 5.74) is 0.215. The quantitative estimate of drug-likeness (QED) is 0.869. The molecule has 0 aliphatic rings. The average molecular weight is 333 g/mol. The Labute approximate surface area is 139 Å². The Morgan fingerprint density at radius 2 is 1.75 bits per heavy atom. The van der Waals surface area contributed by atoms with E-state index in [0.29, 0.717) is 11.3 Å². The Bertz CT molecular complexity index is 728. The van der Waals surface area contributed by atoms with E-state index in [0.717, 1.165) is 0 Å². The summed E-state index contributed by atoms with van der Waals surface area (Å²) in [6.45, 7) is 6.99. The first-order valence-electron chi connectivity index (χ1n) is 7.54. The van der Waals surface area contributed by atoms with Gasteiger partial charge in [-0.2, -0.15) is 0 Å². The Kier molecular flexibility index (Phi) is 5.07. The molecule has 0 aliphatic carbocycles. The smallest absolute Gasteiger partial charge is 0.375 e. The molecule has 0 radical (unpaired) electrons. The second kappa shape index (κ2) is 6.86. The van der Waals surface area contributed by atoms with E-state index in [1.807, 2.05) is 20.8 Å². The number of esters is 1. The Balaban J connectivity index is 2.03. The van der Waals surface area contributed by atoms with E-state index in [2.05, 4.69) is 5.32 Å². The number of rotatable bonds is 4. The van der Waals surface area contributed by atoms with Crippen molar-refractivity contribution in [2.45, 2.75) is 39.3 Å². The van der Waals surface area contributed by atoms with Crippen LogP contribution in [0.25, 0.3) is 11.3 Å². The molecule has 6 heteroatoms. The van der Waals surface area contributed by atoms with Gasteiger partial charge < -0.3 is 14.5 Å². The predicted octanol–water partition coefficient (Wildman–Crippen LogP) is 3.55. The molecule has 24 heavy (non-hydrogen) atoms. The number of amides is 1. The summed E-state index contributed by atoms with van der Waals surface area (Å²) in [4.78, 5) is 24.0. The topological polar surface area (TPSA) is 68.5 Å². The first-order chi connectivity index (χ1) is 11.2. The van der Waals surface area contributed by atoms with Gasteiger partial charge in [-0.1, -0.05) is 0 Å². The first-order valence-corrected chi connectivity index (χ1v) is 7.54. The van der Waals surface area contributed by atoms with Crippen molar-refractivity contribution in [3.8, 4) is 11.3 Å². The van der Waals surface area contributed by atoms with Gasteiger partial charge in [0.1, 0.15) is 11.6 Å². The lowest BCUT2D eigenvalue weighted by molar-refractivity contribution is -0.130. The van der Waals surface area contributed by atoms with Gasteiger partial charge >= 0.3 is 5.97 Å². The van der Waals surface area contributed by atoms with E-state index in [1.54, 1.807) is 18.2 Å². The lowest BCUT2D eigenvalue weighted by atomic mass is 10.1. The Hall–Kier alpha value is -2.63. The van der Waals surface area contributed by atoms with Crippen LogP contribution in [-0.4, -0.2) is 23.5 Å². The van der Waals surface area contributed by atoms with Crippen molar-refractivity contribution in [3.05, 3.63) is 48.0 Å². The summed E-state index contributed by atoms with van der Waals surface area (Å²) in [6.07, 6.45) is -0.948. The highest BCUT2D eigenvalue weighted by Crippen LogP contribution is 2.23. The van der Waals surface area contributed by atoms with Crippen LogP contribution in [0.4, 0.5) is 4.39 Å². The van der Waals surface area contributed by atoms with Crippen LogP contribution in [-0.2, 0) is 9.53 Å². The number of furan rings is 1. The van der Waals surface area contributed by atoms with Gasteiger partial charge in [-0.3, -0.25) is 4.79 Å². The van der Waals surface area contributed by atoms with Crippen molar-refractivity contribution in [1.29, 1.82) is 0 Å². The minimum Gasteiger partial charge on any atom is -0.449 e. The Morgan fingerprint density at radius 3 is 2.33 bits per heavy atom. The largest absolute Gasteiger partial charge is 0.449 e. The van der Waals surface area contributed by atoms with E-state index in [4.69, 9.17) is 9.15 Å². The van der Waals surface area contributed by atoms with Crippen LogP contribution >= 0.6 is 0 Å². The minimum atomic E-state index is -0.948. The molecular weight excluding hydrogens is 313 g/mol. The maximum absolute atomic E-state index is 12.9. The zero-order valence-electron chi connectivity index (χ0n) is 14.1. The maximum atomic E-state index is 12.9. The molecule has 0 aliphatic heterocycles. The van der Waals surface area contributed by atoms with Crippen molar-refractivity contribution < 1.29 is 23.1 Å². The van der Waals surface area contributed by atoms with Gasteiger partial charge in [-0.25, -0.2) is 9.18 Å². The first kappa shape index (κ1) is 17.7. The van der Waals surface area contributed by atoms with Crippen LogP contribution < -0.4 is 5.32 Å². The van der Waals surface area contributed by atoms with Crippen LogP contribution in [0.1, 0.15) is 38.2 Å². The van der Waals surface area contributed by atoms with Gasteiger partial charge in [-0.15, -0.1) is 0 Å². The number of benzene rings is 1. The minimum absolute atomic E-state index is 0.0234. The van der Waals surface area contributed by atoms with Crippen LogP contribution in [0.2, 0.25) is 0 Å². The van der Waals surface area contributed by atoms with Crippen molar-refractivity contribution in [3.63, 3.8) is 0 Å². The molecule has 0 fully saturated rings. The van der Waals surface area contributed by atoms with Gasteiger partial charge in [-0.05, 0) is 64.1 Å². The molecule has 5 nitrogen and oxygen atoms in total. The summed E-state index contributed by atoms with van der Waals surface area (Å²) in [5.74, 6) is -1.09. The second-order valence-electron chi connectivity index (χ2n) is 6.46. The number of hydrogen-bond acceptors (Lipinski definition) is 4. The molecule has 1 aromatic heterocycles. The van der Waals surface area contributed by atoms with E-state index in [9.17, 15) is 14.0 Å². The fourth-order valence-electron chi connectivity index (χ4n) is 1.96. The fourth-order valence-corrected chi connectivity index (χ4v) is 1.96. The molecule has 1 atom stereocenters. The second-order valence-corrected chi connectivity index (χ2v) is 6.46. The Morgan fingerprint density at radius 1 is 1.12 bits per heavy atom. The van der Waals surface area contributed by atoms with Crippen LogP contribution in [0, 0.1) is 5.82 Å². The summed E-state index contributed by atoms with van der Waals surface area (Å²) < 4.78 is 23.5. The molecule has 0 bridgehead atoms. The molecule has 0 saturated heterocycles. The molecule has 0 spiro atoms. The zero-order chi connectivity index (χ0) is 17.9. The standard InChI is InChI=1S/C18H20FNO4/c1-11(16(21)20-18(2,3)4)23-17(22)15-10-9-14(24-15)12-5-7-13(19)8-6-12/h5-11H,1-4H3,(H,20,21)/t11-/m1/s1. The highest BCUT2D eigenvalue weighted by Gasteiger charge is 2.24. The van der Waals surface area contributed by atoms with Crippen LogP contribution in [0.5, 0.6) is 0 Å². The van der Waals surface area contributed by atoms with Gasteiger partial charge in [0.2, 0.25) is 5.76 Å². The molecule has 0 saturated carbocycles. The van der Waals surface area contributed by atoms with Gasteiger partial charge in [0, 0.05) is 11.1 Å². The number of ether oxygens (including phenoxy) is 1. The molecule has 1 aromatic carbocycles. The average Bonchev–Trinajstić information content (AvgIpc) is 2.96. The van der Waals surface area contributed by atoms with Crippen molar-refractivity contribution in [1.82, 2.24) is 5.32 Å². The third kappa shape index (κ3) is 4.68. The maximum Gasteiger partial charge on any atom is 0.375 e. The predicted molar refractivity (Wildman–Crippen MR) is 86.9 cm³/mol. The van der Waals surface area contributed by atoms with Gasteiger partial charge in [0.05, 0.1) is 0 Å². The van der Waals surface area contributed by atoms with E-state index < -0.39 is 17.6 Å². The molecule has 1 amide bonds. The third-order valence-corrected chi connectivity index (χ3v) is 3.09. The lowest BCUT2D eigenvalue weighted by Gasteiger charge is -2.22. The molecule has 128 valence electrons. The van der Waals surface area contributed by atoms with E-state index in [1.165, 1.54) is 25.1 Å². The summed E-state index contributed by atoms with van der Waals surface area (Å²) in [6, 6.07) is 8.73. The van der Waals surface area contributed by atoms with Crippen molar-refractivity contribution >= 4 is 11.9 Å².